The summed E-state index contributed by atoms with van der Waals surface area (Å²) in [6.45, 7) is 1.17. The van der Waals surface area contributed by atoms with E-state index in [-0.39, 0.29) is 12.1 Å². The minimum absolute atomic E-state index is 0.0416. The zero-order valence-corrected chi connectivity index (χ0v) is 8.31. The topological polar surface area (TPSA) is 33.9 Å². The maximum atomic E-state index is 12.0. The van der Waals surface area contributed by atoms with Crippen LogP contribution in [0, 0.1) is 0 Å². The van der Waals surface area contributed by atoms with Gasteiger partial charge in [-0.15, -0.1) is 13.2 Å². The van der Waals surface area contributed by atoms with Crippen molar-refractivity contribution in [2.75, 3.05) is 19.7 Å². The number of halogens is 3. The molecule has 15 heavy (non-hydrogen) atoms. The molecule has 0 spiro atoms. The molecular formula is C9H15F3NO2+. The van der Waals surface area contributed by atoms with Crippen LogP contribution in [0.1, 0.15) is 19.3 Å². The van der Waals surface area contributed by atoms with Crippen LogP contribution < -0.4 is 4.90 Å². The summed E-state index contributed by atoms with van der Waals surface area (Å²) < 4.78 is 40.1. The van der Waals surface area contributed by atoms with Gasteiger partial charge in [0, 0.05) is 19.3 Å². The minimum atomic E-state index is -4.56. The van der Waals surface area contributed by atoms with Crippen LogP contribution in [0.5, 0.6) is 0 Å². The van der Waals surface area contributed by atoms with Crippen molar-refractivity contribution >= 4 is 0 Å². The molecule has 2 aliphatic rings. The number of ether oxygens (including phenoxy) is 1. The summed E-state index contributed by atoms with van der Waals surface area (Å²) >= 11 is 0. The molecule has 6 heteroatoms. The van der Waals surface area contributed by atoms with E-state index in [2.05, 4.69) is 4.74 Å². The van der Waals surface area contributed by atoms with Gasteiger partial charge in [-0.1, -0.05) is 0 Å². The van der Waals surface area contributed by atoms with Crippen LogP contribution >= 0.6 is 0 Å². The minimum Gasteiger partial charge on any atom is -0.390 e. The molecule has 0 saturated carbocycles. The smallest absolute Gasteiger partial charge is 0.390 e. The van der Waals surface area contributed by atoms with Crippen LogP contribution in [0.25, 0.3) is 0 Å². The fourth-order valence-corrected chi connectivity index (χ4v) is 2.96. The quantitative estimate of drug-likeness (QED) is 0.678. The molecule has 0 radical (unpaired) electrons. The first-order valence-corrected chi connectivity index (χ1v) is 5.16. The number of aliphatic hydroxyl groups is 1. The third-order valence-corrected chi connectivity index (χ3v) is 3.58. The summed E-state index contributed by atoms with van der Waals surface area (Å²) in [5, 5.41) is 9.29. The van der Waals surface area contributed by atoms with Crippen LogP contribution in [0.15, 0.2) is 0 Å². The van der Waals surface area contributed by atoms with Crippen LogP contribution in [0.4, 0.5) is 13.2 Å². The van der Waals surface area contributed by atoms with E-state index in [0.717, 1.165) is 24.3 Å². The van der Waals surface area contributed by atoms with Gasteiger partial charge in [0.25, 0.3) is 0 Å². The van der Waals surface area contributed by atoms with Crippen molar-refractivity contribution in [3.63, 3.8) is 0 Å². The van der Waals surface area contributed by atoms with E-state index in [1.54, 1.807) is 0 Å². The highest BCUT2D eigenvalue weighted by Crippen LogP contribution is 2.29. The van der Waals surface area contributed by atoms with Crippen molar-refractivity contribution in [2.24, 2.45) is 0 Å². The average Bonchev–Trinajstić information content (AvgIpc) is 2.57. The lowest BCUT2D eigenvalue weighted by molar-refractivity contribution is -0.927. The second kappa shape index (κ2) is 3.61. The van der Waals surface area contributed by atoms with Crippen molar-refractivity contribution < 1.29 is 27.9 Å². The van der Waals surface area contributed by atoms with Gasteiger partial charge in [-0.25, -0.2) is 0 Å². The zero-order chi connectivity index (χ0) is 11.1. The highest BCUT2D eigenvalue weighted by molar-refractivity contribution is 4.90. The molecule has 2 saturated heterocycles. The van der Waals surface area contributed by atoms with Gasteiger partial charge in [0.2, 0.25) is 0 Å². The third kappa shape index (κ3) is 2.11. The lowest BCUT2D eigenvalue weighted by Gasteiger charge is -2.25. The molecule has 0 aliphatic carbocycles. The molecule has 2 heterocycles. The molecular weight excluding hydrogens is 211 g/mol. The summed E-state index contributed by atoms with van der Waals surface area (Å²) in [7, 11) is 0. The van der Waals surface area contributed by atoms with E-state index >= 15 is 0 Å². The summed E-state index contributed by atoms with van der Waals surface area (Å²) in [4.78, 5) is 1.07. The van der Waals surface area contributed by atoms with Crippen molar-refractivity contribution in [1.82, 2.24) is 0 Å². The standard InChI is InChI=1S/C9H14F3NO2/c10-9(11,12)15-7-4-8(6-14)2-1-3-13(8)5-7/h7,14H,1-6H2/p+1/t7-,8+/m0/s1. The number of quaternary nitrogens is 1. The first kappa shape index (κ1) is 11.2. The van der Waals surface area contributed by atoms with Gasteiger partial charge in [-0.3, -0.25) is 4.74 Å². The number of fused-ring (bicyclic) bond motifs is 1. The van der Waals surface area contributed by atoms with E-state index in [1.807, 2.05) is 0 Å². The van der Waals surface area contributed by atoms with Crippen LogP contribution in [-0.4, -0.2) is 42.8 Å². The van der Waals surface area contributed by atoms with Crippen LogP contribution in [-0.2, 0) is 4.74 Å². The van der Waals surface area contributed by atoms with Gasteiger partial charge in [0.15, 0.2) is 0 Å². The zero-order valence-electron chi connectivity index (χ0n) is 8.31. The number of hydrogen-bond donors (Lipinski definition) is 2. The Morgan fingerprint density at radius 1 is 1.47 bits per heavy atom. The SMILES string of the molecule is OC[C@]12CCC[NH+]1C[C@@H](OC(F)(F)F)C2. The molecule has 2 aliphatic heterocycles. The summed E-state index contributed by atoms with van der Waals surface area (Å²) in [5.74, 6) is 0. The summed E-state index contributed by atoms with van der Waals surface area (Å²) in [6, 6.07) is 0. The first-order chi connectivity index (χ1) is 6.95. The lowest BCUT2D eigenvalue weighted by atomic mass is 9.94. The van der Waals surface area contributed by atoms with Gasteiger partial charge < -0.3 is 10.0 Å². The number of rotatable bonds is 2. The average molecular weight is 226 g/mol. The fraction of sp³-hybridized carbons (Fsp3) is 1.00. The molecule has 1 unspecified atom stereocenters. The van der Waals surface area contributed by atoms with E-state index in [9.17, 15) is 18.3 Å². The van der Waals surface area contributed by atoms with Crippen molar-refractivity contribution in [1.29, 1.82) is 0 Å². The normalized spacial score (nSPS) is 40.8. The Morgan fingerprint density at radius 2 is 2.20 bits per heavy atom. The van der Waals surface area contributed by atoms with E-state index < -0.39 is 12.5 Å². The molecule has 0 aromatic heterocycles. The molecule has 2 fully saturated rings. The Hall–Kier alpha value is -0.330. The number of alkyl halides is 3. The molecule has 2 rings (SSSR count). The van der Waals surface area contributed by atoms with Crippen molar-refractivity contribution in [3.05, 3.63) is 0 Å². The van der Waals surface area contributed by atoms with Gasteiger partial charge >= 0.3 is 6.36 Å². The van der Waals surface area contributed by atoms with Crippen molar-refractivity contribution in [2.45, 2.75) is 37.3 Å². The number of nitrogens with one attached hydrogen (secondary N) is 1. The van der Waals surface area contributed by atoms with Gasteiger partial charge in [-0.2, -0.15) is 0 Å². The molecule has 2 N–H and O–H groups in total. The van der Waals surface area contributed by atoms with Gasteiger partial charge in [0.1, 0.15) is 18.2 Å². The van der Waals surface area contributed by atoms with Gasteiger partial charge in [0.05, 0.1) is 13.2 Å². The Labute approximate surface area is 85.8 Å². The fourth-order valence-electron chi connectivity index (χ4n) is 2.96. The first-order valence-electron chi connectivity index (χ1n) is 5.16. The van der Waals surface area contributed by atoms with Gasteiger partial charge in [-0.05, 0) is 0 Å². The molecule has 0 aromatic rings. The second-order valence-corrected chi connectivity index (χ2v) is 4.49. The van der Waals surface area contributed by atoms with Crippen molar-refractivity contribution in [3.8, 4) is 0 Å². The highest BCUT2D eigenvalue weighted by Gasteiger charge is 2.54. The Morgan fingerprint density at radius 3 is 2.73 bits per heavy atom. The summed E-state index contributed by atoms with van der Waals surface area (Å²) in [6.07, 6.45) is -3.24. The summed E-state index contributed by atoms with van der Waals surface area (Å²) in [5.41, 5.74) is -0.365. The Kier molecular flexibility index (Phi) is 2.68. The van der Waals surface area contributed by atoms with Crippen LogP contribution in [0.2, 0.25) is 0 Å². The molecule has 0 aromatic carbocycles. The largest absolute Gasteiger partial charge is 0.522 e. The predicted molar refractivity (Wildman–Crippen MR) is 45.3 cm³/mol. The third-order valence-electron chi connectivity index (χ3n) is 3.58. The molecule has 3 atom stereocenters. The molecule has 0 amide bonds. The Balaban J connectivity index is 1.99. The Bertz CT molecular complexity index is 246. The predicted octanol–water partition coefficient (Wildman–Crippen LogP) is -0.295. The molecule has 88 valence electrons. The van der Waals surface area contributed by atoms with E-state index in [4.69, 9.17) is 0 Å². The second-order valence-electron chi connectivity index (χ2n) is 4.49. The monoisotopic (exact) mass is 226 g/mol. The number of aliphatic hydroxyl groups excluding tert-OH is 1. The maximum Gasteiger partial charge on any atom is 0.522 e. The molecule has 0 bridgehead atoms. The highest BCUT2D eigenvalue weighted by atomic mass is 19.4. The number of hydrogen-bond acceptors (Lipinski definition) is 2. The maximum absolute atomic E-state index is 12.0. The molecule has 3 nitrogen and oxygen atoms in total. The lowest BCUT2D eigenvalue weighted by Crippen LogP contribution is -3.16. The van der Waals surface area contributed by atoms with Crippen LogP contribution in [0.3, 0.4) is 0 Å². The van der Waals surface area contributed by atoms with E-state index in [0.29, 0.717) is 13.0 Å². The van der Waals surface area contributed by atoms with E-state index in [1.165, 1.54) is 0 Å².